The van der Waals surface area contributed by atoms with Crippen LogP contribution in [0.2, 0.25) is 0 Å². The Morgan fingerprint density at radius 1 is 1.19 bits per heavy atom. The highest BCUT2D eigenvalue weighted by molar-refractivity contribution is 5.81. The van der Waals surface area contributed by atoms with Crippen LogP contribution >= 0.6 is 0 Å². The molecule has 1 atom stereocenters. The Bertz CT molecular complexity index is 489. The van der Waals surface area contributed by atoms with E-state index in [0.29, 0.717) is 0 Å². The molecule has 0 saturated carbocycles. The summed E-state index contributed by atoms with van der Waals surface area (Å²) in [5.74, 6) is -2.13. The van der Waals surface area contributed by atoms with Gasteiger partial charge in [0.1, 0.15) is 19.3 Å². The van der Waals surface area contributed by atoms with Crippen LogP contribution in [0.15, 0.2) is 30.3 Å². The van der Waals surface area contributed by atoms with Gasteiger partial charge in [0, 0.05) is 0 Å². The van der Waals surface area contributed by atoms with Crippen LogP contribution in [0.25, 0.3) is 0 Å². The van der Waals surface area contributed by atoms with E-state index in [-0.39, 0.29) is 6.61 Å². The highest BCUT2D eigenvalue weighted by atomic mass is 17.2. The minimum atomic E-state index is -1.12. The van der Waals surface area contributed by atoms with Crippen molar-refractivity contribution in [2.24, 2.45) is 0 Å². The smallest absolute Gasteiger partial charge is 0.408 e. The third kappa shape index (κ3) is 6.39. The Kier molecular flexibility index (Phi) is 6.69. The van der Waals surface area contributed by atoms with E-state index in [0.717, 1.165) is 5.56 Å². The summed E-state index contributed by atoms with van der Waals surface area (Å²) in [6.07, 6.45) is -0.822. The summed E-state index contributed by atoms with van der Waals surface area (Å²) in [5, 5.41) is 10.6. The molecule has 1 aromatic rings. The molecule has 8 nitrogen and oxygen atoms in total. The van der Waals surface area contributed by atoms with Gasteiger partial charge in [-0.05, 0) is 12.5 Å². The largest absolute Gasteiger partial charge is 0.445 e. The lowest BCUT2D eigenvalue weighted by atomic mass is 10.2. The quantitative estimate of drug-likeness (QED) is 0.593. The van der Waals surface area contributed by atoms with Gasteiger partial charge in [-0.15, -0.1) is 0 Å². The van der Waals surface area contributed by atoms with Crippen molar-refractivity contribution in [2.75, 3.05) is 6.61 Å². The van der Waals surface area contributed by atoms with E-state index in [9.17, 15) is 14.4 Å². The molecule has 1 unspecified atom stereocenters. The molecule has 0 heterocycles. The second-order valence-corrected chi connectivity index (χ2v) is 3.94. The number of nitrogens with one attached hydrogen (secondary N) is 1. The SMILES string of the molecule is CC(NC(=O)OCc1ccccc1)C(=O)OOC(=O)CO. The third-order valence-electron chi connectivity index (χ3n) is 2.25. The highest BCUT2D eigenvalue weighted by Crippen LogP contribution is 2.01. The summed E-state index contributed by atoms with van der Waals surface area (Å²) in [6.45, 7) is 0.445. The molecule has 0 spiro atoms. The number of rotatable bonds is 5. The number of hydrogen-bond donors (Lipinski definition) is 2. The number of hydrogen-bond acceptors (Lipinski definition) is 7. The van der Waals surface area contributed by atoms with Gasteiger partial charge < -0.3 is 15.2 Å². The molecule has 0 aromatic heterocycles. The van der Waals surface area contributed by atoms with Gasteiger partial charge >= 0.3 is 18.0 Å². The predicted octanol–water partition coefficient (Wildman–Crippen LogP) is 0.295. The molecule has 0 saturated heterocycles. The van der Waals surface area contributed by atoms with E-state index in [1.165, 1.54) is 6.92 Å². The zero-order chi connectivity index (χ0) is 15.7. The Morgan fingerprint density at radius 2 is 1.86 bits per heavy atom. The minimum Gasteiger partial charge on any atom is -0.445 e. The predicted molar refractivity (Wildman–Crippen MR) is 68.5 cm³/mol. The first kappa shape index (κ1) is 16.4. The molecule has 8 heteroatoms. The van der Waals surface area contributed by atoms with Gasteiger partial charge in [0.2, 0.25) is 0 Å². The van der Waals surface area contributed by atoms with Gasteiger partial charge in [-0.1, -0.05) is 30.3 Å². The average molecular weight is 297 g/mol. The molecular weight excluding hydrogens is 282 g/mol. The van der Waals surface area contributed by atoms with E-state index in [1.54, 1.807) is 24.3 Å². The minimum absolute atomic E-state index is 0.0495. The fourth-order valence-electron chi connectivity index (χ4n) is 1.19. The molecule has 0 bridgehead atoms. The number of carbonyl (C=O) groups is 3. The summed E-state index contributed by atoms with van der Waals surface area (Å²) in [6, 6.07) is 7.89. The first-order chi connectivity index (χ1) is 10.0. The average Bonchev–Trinajstić information content (AvgIpc) is 2.51. The summed E-state index contributed by atoms with van der Waals surface area (Å²) in [4.78, 5) is 41.4. The van der Waals surface area contributed by atoms with Crippen LogP contribution < -0.4 is 5.32 Å². The first-order valence-electron chi connectivity index (χ1n) is 6.02. The molecule has 1 amide bonds. The molecule has 0 aliphatic rings. The van der Waals surface area contributed by atoms with Gasteiger partial charge in [0.25, 0.3) is 0 Å². The number of benzene rings is 1. The van der Waals surface area contributed by atoms with Gasteiger partial charge in [0.05, 0.1) is 0 Å². The topological polar surface area (TPSA) is 111 Å². The van der Waals surface area contributed by atoms with E-state index < -0.39 is 30.7 Å². The van der Waals surface area contributed by atoms with Crippen molar-refractivity contribution in [3.05, 3.63) is 35.9 Å². The number of aliphatic hydroxyl groups excluding tert-OH is 1. The molecule has 0 fully saturated rings. The maximum Gasteiger partial charge on any atom is 0.408 e. The Hall–Kier alpha value is -2.61. The second-order valence-electron chi connectivity index (χ2n) is 3.94. The number of aliphatic hydroxyl groups is 1. The molecule has 1 rings (SSSR count). The van der Waals surface area contributed by atoms with E-state index in [1.807, 2.05) is 6.07 Å². The summed E-state index contributed by atoms with van der Waals surface area (Å²) in [7, 11) is 0. The summed E-state index contributed by atoms with van der Waals surface area (Å²) in [5.41, 5.74) is 0.791. The Morgan fingerprint density at radius 3 is 2.48 bits per heavy atom. The molecule has 21 heavy (non-hydrogen) atoms. The monoisotopic (exact) mass is 297 g/mol. The third-order valence-corrected chi connectivity index (χ3v) is 2.25. The van der Waals surface area contributed by atoms with Gasteiger partial charge in [-0.3, -0.25) is 0 Å². The fourth-order valence-corrected chi connectivity index (χ4v) is 1.19. The first-order valence-corrected chi connectivity index (χ1v) is 6.02. The zero-order valence-electron chi connectivity index (χ0n) is 11.3. The van der Waals surface area contributed by atoms with Crippen LogP contribution in [0.4, 0.5) is 4.79 Å². The lowest BCUT2D eigenvalue weighted by Gasteiger charge is -2.12. The molecule has 0 radical (unpaired) electrons. The standard InChI is InChI=1S/C13H15NO7/c1-9(12(17)21-20-11(16)7-15)14-13(18)19-8-10-5-3-2-4-6-10/h2-6,9,15H,7-8H2,1H3,(H,14,18). The number of ether oxygens (including phenoxy) is 1. The summed E-state index contributed by atoms with van der Waals surface area (Å²) >= 11 is 0. The van der Waals surface area contributed by atoms with E-state index >= 15 is 0 Å². The van der Waals surface area contributed by atoms with Crippen LogP contribution in [0.1, 0.15) is 12.5 Å². The maximum atomic E-state index is 11.4. The van der Waals surface area contributed by atoms with E-state index in [4.69, 9.17) is 9.84 Å². The highest BCUT2D eigenvalue weighted by Gasteiger charge is 2.20. The van der Waals surface area contributed by atoms with Crippen molar-refractivity contribution in [1.29, 1.82) is 0 Å². The zero-order valence-corrected chi connectivity index (χ0v) is 11.3. The van der Waals surface area contributed by atoms with Crippen molar-refractivity contribution in [3.63, 3.8) is 0 Å². The van der Waals surface area contributed by atoms with Gasteiger partial charge in [0.15, 0.2) is 0 Å². The maximum absolute atomic E-state index is 11.4. The van der Waals surface area contributed by atoms with Crippen LogP contribution in [-0.4, -0.2) is 35.8 Å². The van der Waals surface area contributed by atoms with Crippen LogP contribution in [0.3, 0.4) is 0 Å². The van der Waals surface area contributed by atoms with Crippen molar-refractivity contribution < 1.29 is 34.0 Å². The van der Waals surface area contributed by atoms with Crippen LogP contribution in [0.5, 0.6) is 0 Å². The molecule has 0 aliphatic heterocycles. The van der Waals surface area contributed by atoms with Gasteiger partial charge in [-0.2, -0.15) is 0 Å². The summed E-state index contributed by atoms with van der Waals surface area (Å²) < 4.78 is 4.89. The van der Waals surface area contributed by atoms with Crippen LogP contribution in [-0.2, 0) is 30.7 Å². The van der Waals surface area contributed by atoms with E-state index in [2.05, 4.69) is 15.1 Å². The molecule has 2 N–H and O–H groups in total. The van der Waals surface area contributed by atoms with Crippen molar-refractivity contribution in [1.82, 2.24) is 5.32 Å². The number of carbonyl (C=O) groups excluding carboxylic acids is 3. The molecule has 114 valence electrons. The Balaban J connectivity index is 2.29. The van der Waals surface area contributed by atoms with Crippen LogP contribution in [0, 0.1) is 0 Å². The lowest BCUT2D eigenvalue weighted by molar-refractivity contribution is -0.261. The molecule has 0 aliphatic carbocycles. The molecular formula is C13H15NO7. The lowest BCUT2D eigenvalue weighted by Crippen LogP contribution is -2.40. The van der Waals surface area contributed by atoms with Crippen molar-refractivity contribution in [2.45, 2.75) is 19.6 Å². The molecule has 1 aromatic carbocycles. The Labute approximate surface area is 120 Å². The second kappa shape index (κ2) is 8.54. The fraction of sp³-hybridized carbons (Fsp3) is 0.308. The van der Waals surface area contributed by atoms with Crippen molar-refractivity contribution >= 4 is 18.0 Å². The van der Waals surface area contributed by atoms with Crippen molar-refractivity contribution in [3.8, 4) is 0 Å². The number of alkyl carbamates (subject to hydrolysis) is 1. The van der Waals surface area contributed by atoms with Gasteiger partial charge in [-0.25, -0.2) is 24.2 Å². The number of amides is 1. The normalized spacial score (nSPS) is 11.1.